The van der Waals surface area contributed by atoms with Crippen molar-refractivity contribution in [1.29, 1.82) is 0 Å². The Labute approximate surface area is 153 Å². The molecular weight excluding hydrogens is 334 g/mol. The molecule has 138 valence electrons. The van der Waals surface area contributed by atoms with Crippen molar-refractivity contribution in [1.82, 2.24) is 0 Å². The highest BCUT2D eigenvalue weighted by atomic mass is 16.5. The summed E-state index contributed by atoms with van der Waals surface area (Å²) >= 11 is 0. The van der Waals surface area contributed by atoms with Crippen LogP contribution in [0.25, 0.3) is 0 Å². The summed E-state index contributed by atoms with van der Waals surface area (Å²) in [6.45, 7) is 1.98. The van der Waals surface area contributed by atoms with Crippen LogP contribution < -0.4 is 14.8 Å². The predicted molar refractivity (Wildman–Crippen MR) is 98.5 cm³/mol. The molecule has 0 spiro atoms. The smallest absolute Gasteiger partial charge is 0.306 e. The number of benzene rings is 2. The van der Waals surface area contributed by atoms with Gasteiger partial charge in [-0.05, 0) is 49.2 Å². The van der Waals surface area contributed by atoms with Crippen LogP contribution in [-0.4, -0.2) is 32.2 Å². The maximum Gasteiger partial charge on any atom is 0.306 e. The van der Waals surface area contributed by atoms with Crippen LogP contribution in [0, 0.1) is 6.92 Å². The van der Waals surface area contributed by atoms with Crippen LogP contribution in [-0.2, 0) is 14.3 Å². The third-order valence-corrected chi connectivity index (χ3v) is 3.64. The second kappa shape index (κ2) is 10.1. The molecular formula is C20H23NO5. The number of ether oxygens (including phenoxy) is 3. The number of hydrogen-bond acceptors (Lipinski definition) is 5. The normalized spacial score (nSPS) is 10.1. The van der Waals surface area contributed by atoms with E-state index in [9.17, 15) is 9.59 Å². The molecule has 6 nitrogen and oxygen atoms in total. The van der Waals surface area contributed by atoms with E-state index in [1.54, 1.807) is 37.4 Å². The number of carbonyl (C=O) groups is 2. The molecule has 0 unspecified atom stereocenters. The number of nitrogens with one attached hydrogen (secondary N) is 1. The number of methoxy groups -OCH3 is 1. The highest BCUT2D eigenvalue weighted by Gasteiger charge is 2.09. The van der Waals surface area contributed by atoms with E-state index in [-0.39, 0.29) is 18.9 Å². The fourth-order valence-electron chi connectivity index (χ4n) is 2.20. The predicted octanol–water partition coefficient (Wildman–Crippen LogP) is 3.34. The van der Waals surface area contributed by atoms with E-state index >= 15 is 0 Å². The molecule has 0 saturated heterocycles. The van der Waals surface area contributed by atoms with Crippen molar-refractivity contribution in [3.05, 3.63) is 54.1 Å². The lowest BCUT2D eigenvalue weighted by Crippen LogP contribution is -2.21. The van der Waals surface area contributed by atoms with Crippen molar-refractivity contribution in [3.8, 4) is 11.5 Å². The standard InChI is InChI=1S/C20H23NO5/c1-15-6-3-4-7-18(15)21-19(22)14-26-20(23)8-5-13-25-17-11-9-16(24-2)10-12-17/h3-4,6-7,9-12H,5,8,13-14H2,1-2H3,(H,21,22). The highest BCUT2D eigenvalue weighted by molar-refractivity contribution is 5.93. The van der Waals surface area contributed by atoms with E-state index in [0.717, 1.165) is 11.3 Å². The minimum atomic E-state index is -0.428. The summed E-state index contributed by atoms with van der Waals surface area (Å²) in [7, 11) is 1.60. The van der Waals surface area contributed by atoms with Gasteiger partial charge in [0.1, 0.15) is 11.5 Å². The van der Waals surface area contributed by atoms with Crippen LogP contribution in [0.15, 0.2) is 48.5 Å². The molecule has 26 heavy (non-hydrogen) atoms. The van der Waals surface area contributed by atoms with E-state index in [0.29, 0.717) is 24.5 Å². The van der Waals surface area contributed by atoms with E-state index in [4.69, 9.17) is 14.2 Å². The minimum absolute atomic E-state index is 0.188. The molecule has 1 amide bonds. The van der Waals surface area contributed by atoms with Crippen LogP contribution in [0.4, 0.5) is 5.69 Å². The molecule has 6 heteroatoms. The van der Waals surface area contributed by atoms with Crippen molar-refractivity contribution in [2.24, 2.45) is 0 Å². The molecule has 0 heterocycles. The summed E-state index contributed by atoms with van der Waals surface area (Å²) in [5.41, 5.74) is 1.66. The highest BCUT2D eigenvalue weighted by Crippen LogP contribution is 2.17. The number of anilines is 1. The van der Waals surface area contributed by atoms with Gasteiger partial charge in [0.05, 0.1) is 13.7 Å². The average Bonchev–Trinajstić information content (AvgIpc) is 2.66. The molecule has 0 radical (unpaired) electrons. The zero-order chi connectivity index (χ0) is 18.8. The summed E-state index contributed by atoms with van der Waals surface area (Å²) in [5, 5.41) is 2.71. The van der Waals surface area contributed by atoms with E-state index in [2.05, 4.69) is 5.32 Å². The molecule has 0 aliphatic carbocycles. The topological polar surface area (TPSA) is 73.9 Å². The third kappa shape index (κ3) is 6.47. The van der Waals surface area contributed by atoms with Gasteiger partial charge in [-0.2, -0.15) is 0 Å². The molecule has 0 atom stereocenters. The molecule has 0 aliphatic heterocycles. The number of para-hydroxylation sites is 1. The van der Waals surface area contributed by atoms with Crippen molar-refractivity contribution >= 4 is 17.6 Å². The van der Waals surface area contributed by atoms with Crippen molar-refractivity contribution in [3.63, 3.8) is 0 Å². The zero-order valence-electron chi connectivity index (χ0n) is 15.0. The number of carbonyl (C=O) groups excluding carboxylic acids is 2. The number of hydrogen-bond donors (Lipinski definition) is 1. The molecule has 2 rings (SSSR count). The molecule has 1 N–H and O–H groups in total. The first kappa shape index (κ1) is 19.3. The van der Waals surface area contributed by atoms with Gasteiger partial charge in [-0.25, -0.2) is 0 Å². The van der Waals surface area contributed by atoms with Gasteiger partial charge in [-0.1, -0.05) is 18.2 Å². The van der Waals surface area contributed by atoms with Gasteiger partial charge < -0.3 is 19.5 Å². The number of amides is 1. The molecule has 2 aromatic carbocycles. The largest absolute Gasteiger partial charge is 0.497 e. The summed E-state index contributed by atoms with van der Waals surface area (Å²) in [6.07, 6.45) is 0.693. The molecule has 0 aliphatic rings. The van der Waals surface area contributed by atoms with Gasteiger partial charge in [0, 0.05) is 12.1 Å². The summed E-state index contributed by atoms with van der Waals surface area (Å²) in [4.78, 5) is 23.5. The second-order valence-electron chi connectivity index (χ2n) is 5.65. The number of esters is 1. The Morgan fingerprint density at radius 3 is 2.38 bits per heavy atom. The molecule has 0 fully saturated rings. The van der Waals surface area contributed by atoms with Crippen molar-refractivity contribution in [2.75, 3.05) is 25.6 Å². The Kier molecular flexibility index (Phi) is 7.49. The van der Waals surface area contributed by atoms with Gasteiger partial charge in [0.25, 0.3) is 5.91 Å². The third-order valence-electron chi connectivity index (χ3n) is 3.64. The minimum Gasteiger partial charge on any atom is -0.497 e. The van der Waals surface area contributed by atoms with E-state index in [1.807, 2.05) is 25.1 Å². The fraction of sp³-hybridized carbons (Fsp3) is 0.300. The van der Waals surface area contributed by atoms with E-state index < -0.39 is 5.97 Å². The number of aryl methyl sites for hydroxylation is 1. The van der Waals surface area contributed by atoms with Crippen molar-refractivity contribution in [2.45, 2.75) is 19.8 Å². The van der Waals surface area contributed by atoms with Crippen LogP contribution in [0.3, 0.4) is 0 Å². The first-order valence-corrected chi connectivity index (χ1v) is 8.36. The van der Waals surface area contributed by atoms with Crippen molar-refractivity contribution < 1.29 is 23.8 Å². The summed E-state index contributed by atoms with van der Waals surface area (Å²) in [5.74, 6) is 0.673. The first-order chi connectivity index (χ1) is 12.6. The van der Waals surface area contributed by atoms with Gasteiger partial charge >= 0.3 is 5.97 Å². The number of rotatable bonds is 9. The maximum absolute atomic E-state index is 11.8. The molecule has 0 bridgehead atoms. The second-order valence-corrected chi connectivity index (χ2v) is 5.65. The van der Waals surface area contributed by atoms with E-state index in [1.165, 1.54) is 0 Å². The van der Waals surface area contributed by atoms with Crippen LogP contribution >= 0.6 is 0 Å². The Morgan fingerprint density at radius 1 is 1.00 bits per heavy atom. The summed E-state index contributed by atoms with van der Waals surface area (Å²) < 4.78 is 15.6. The monoisotopic (exact) mass is 357 g/mol. The van der Waals surface area contributed by atoms with Gasteiger partial charge in [-0.3, -0.25) is 9.59 Å². The Bertz CT molecular complexity index is 727. The Balaban J connectivity index is 1.61. The van der Waals surface area contributed by atoms with Gasteiger partial charge in [0.15, 0.2) is 6.61 Å². The lowest BCUT2D eigenvalue weighted by atomic mass is 10.2. The summed E-state index contributed by atoms with van der Waals surface area (Å²) in [6, 6.07) is 14.6. The lowest BCUT2D eigenvalue weighted by molar-refractivity contribution is -0.147. The molecule has 0 aromatic heterocycles. The molecule has 0 saturated carbocycles. The van der Waals surface area contributed by atoms with Crippen LogP contribution in [0.1, 0.15) is 18.4 Å². The maximum atomic E-state index is 11.8. The molecule has 2 aromatic rings. The average molecular weight is 357 g/mol. The van der Waals surface area contributed by atoms with Gasteiger partial charge in [-0.15, -0.1) is 0 Å². The first-order valence-electron chi connectivity index (χ1n) is 8.36. The van der Waals surface area contributed by atoms with Crippen LogP contribution in [0.5, 0.6) is 11.5 Å². The quantitative estimate of drug-likeness (QED) is 0.550. The fourth-order valence-corrected chi connectivity index (χ4v) is 2.20. The Hall–Kier alpha value is -3.02. The lowest BCUT2D eigenvalue weighted by Gasteiger charge is -2.09. The Morgan fingerprint density at radius 2 is 1.69 bits per heavy atom. The van der Waals surface area contributed by atoms with Gasteiger partial charge in [0.2, 0.25) is 0 Å². The SMILES string of the molecule is COc1ccc(OCCCC(=O)OCC(=O)Nc2ccccc2C)cc1. The zero-order valence-corrected chi connectivity index (χ0v) is 15.0. The van der Waals surface area contributed by atoms with Crippen LogP contribution in [0.2, 0.25) is 0 Å².